The van der Waals surface area contributed by atoms with Gasteiger partial charge in [0.15, 0.2) is 23.8 Å². The molecule has 13 nitrogen and oxygen atoms in total. The van der Waals surface area contributed by atoms with Crippen LogP contribution < -0.4 is 16.4 Å². The lowest BCUT2D eigenvalue weighted by atomic mass is 10.1. The van der Waals surface area contributed by atoms with E-state index in [4.69, 9.17) is 10.5 Å². The number of carbonyl (C=O) groups is 2. The third-order valence-electron chi connectivity index (χ3n) is 6.03. The van der Waals surface area contributed by atoms with Gasteiger partial charge in [0, 0.05) is 18.8 Å². The Morgan fingerprint density at radius 3 is 2.70 bits per heavy atom. The molecule has 5 rings (SSSR count). The van der Waals surface area contributed by atoms with E-state index in [0.29, 0.717) is 5.69 Å². The second-order valence-corrected chi connectivity index (χ2v) is 8.92. The van der Waals surface area contributed by atoms with Crippen molar-refractivity contribution in [3.05, 3.63) is 42.5 Å². The van der Waals surface area contributed by atoms with E-state index < -0.39 is 30.4 Å². The number of rotatable bonds is 5. The minimum absolute atomic E-state index is 0.0549. The summed E-state index contributed by atoms with van der Waals surface area (Å²) in [5.41, 5.74) is 7.18. The van der Waals surface area contributed by atoms with Crippen molar-refractivity contribution in [1.82, 2.24) is 29.7 Å². The number of ether oxygens (including phenoxy) is 1. The van der Waals surface area contributed by atoms with Crippen LogP contribution in [0.5, 0.6) is 0 Å². The lowest BCUT2D eigenvalue weighted by Crippen LogP contribution is -2.43. The van der Waals surface area contributed by atoms with Crippen molar-refractivity contribution < 1.29 is 24.5 Å². The summed E-state index contributed by atoms with van der Waals surface area (Å²) in [6.45, 7) is 0.0909. The zero-order valence-electron chi connectivity index (χ0n) is 19.9. The fourth-order valence-electron chi connectivity index (χ4n) is 3.85. The number of aliphatic hydroxyl groups excluding tert-OH is 2. The first-order chi connectivity index (χ1) is 17.8. The first-order valence-corrected chi connectivity index (χ1v) is 11.7. The fraction of sp³-hybridized carbons (Fsp3) is 0.375. The van der Waals surface area contributed by atoms with E-state index in [0.717, 1.165) is 12.8 Å². The van der Waals surface area contributed by atoms with Gasteiger partial charge in [0.1, 0.15) is 17.7 Å². The van der Waals surface area contributed by atoms with Gasteiger partial charge in [-0.15, -0.1) is 0 Å². The van der Waals surface area contributed by atoms with Crippen molar-refractivity contribution in [1.29, 1.82) is 0 Å². The van der Waals surface area contributed by atoms with Crippen LogP contribution in [0.15, 0.2) is 36.7 Å². The van der Waals surface area contributed by atoms with Gasteiger partial charge in [-0.1, -0.05) is 24.1 Å². The molecule has 1 aliphatic heterocycles. The topological polar surface area (TPSA) is 181 Å². The van der Waals surface area contributed by atoms with E-state index in [1.807, 2.05) is 18.2 Å². The fourth-order valence-corrected chi connectivity index (χ4v) is 3.85. The third kappa shape index (κ3) is 5.17. The second kappa shape index (κ2) is 10.0. The van der Waals surface area contributed by atoms with E-state index in [9.17, 15) is 19.8 Å². The zero-order valence-corrected chi connectivity index (χ0v) is 19.9. The summed E-state index contributed by atoms with van der Waals surface area (Å²) in [6.07, 6.45) is -2.12. The van der Waals surface area contributed by atoms with Gasteiger partial charge in [-0.3, -0.25) is 9.36 Å². The number of aromatic nitrogens is 4. The Morgan fingerprint density at radius 2 is 1.97 bits per heavy atom. The van der Waals surface area contributed by atoms with E-state index in [1.165, 1.54) is 15.8 Å². The number of urea groups is 1. The Balaban J connectivity index is 1.31. The van der Waals surface area contributed by atoms with Crippen molar-refractivity contribution in [2.45, 2.75) is 43.4 Å². The van der Waals surface area contributed by atoms with Crippen LogP contribution in [0, 0.1) is 11.8 Å². The molecule has 3 aromatic rings. The van der Waals surface area contributed by atoms with E-state index in [2.05, 4.69) is 37.4 Å². The lowest BCUT2D eigenvalue weighted by molar-refractivity contribution is -0.137. The van der Waals surface area contributed by atoms with Crippen molar-refractivity contribution in [2.75, 3.05) is 24.6 Å². The number of imidazole rings is 1. The number of hydrogen-bond acceptors (Lipinski definition) is 9. The lowest BCUT2D eigenvalue weighted by Gasteiger charge is -2.16. The predicted octanol–water partition coefficient (Wildman–Crippen LogP) is -0.178. The van der Waals surface area contributed by atoms with Crippen molar-refractivity contribution in [2.24, 2.45) is 0 Å². The number of nitrogen functional groups attached to an aromatic ring is 1. The van der Waals surface area contributed by atoms with Gasteiger partial charge >= 0.3 is 6.03 Å². The molecular weight excluding hydrogens is 480 g/mol. The highest BCUT2D eigenvalue weighted by Gasteiger charge is 2.48. The van der Waals surface area contributed by atoms with Gasteiger partial charge in [0.25, 0.3) is 5.91 Å². The molecule has 2 fully saturated rings. The quantitative estimate of drug-likeness (QED) is 0.293. The average molecular weight is 507 g/mol. The van der Waals surface area contributed by atoms with E-state index in [-0.39, 0.29) is 41.4 Å². The minimum atomic E-state index is -1.43. The van der Waals surface area contributed by atoms with Crippen LogP contribution in [-0.2, 0) is 9.53 Å². The molecule has 3 heterocycles. The van der Waals surface area contributed by atoms with Gasteiger partial charge in [0.05, 0.1) is 12.9 Å². The van der Waals surface area contributed by atoms with Crippen LogP contribution in [0.3, 0.4) is 0 Å². The van der Waals surface area contributed by atoms with Crippen LogP contribution in [0.4, 0.5) is 16.3 Å². The molecule has 6 N–H and O–H groups in total. The van der Waals surface area contributed by atoms with Crippen LogP contribution in [-0.4, -0.2) is 84.5 Å². The number of hydrogen-bond donors (Lipinski definition) is 5. The number of benzene rings is 1. The number of fused-ring (bicyclic) bond motifs is 1. The highest BCUT2D eigenvalue weighted by atomic mass is 16.6. The minimum Gasteiger partial charge on any atom is -0.387 e. The van der Waals surface area contributed by atoms with Gasteiger partial charge in [0.2, 0.25) is 5.82 Å². The second-order valence-electron chi connectivity index (χ2n) is 8.92. The molecule has 4 atom stereocenters. The summed E-state index contributed by atoms with van der Waals surface area (Å²) in [5, 5.41) is 26.6. The van der Waals surface area contributed by atoms with Gasteiger partial charge < -0.3 is 36.2 Å². The number of nitrogens with zero attached hydrogens (tertiary/aromatic N) is 5. The summed E-state index contributed by atoms with van der Waals surface area (Å²) >= 11 is 0. The van der Waals surface area contributed by atoms with Gasteiger partial charge in [-0.05, 0) is 30.9 Å². The maximum Gasteiger partial charge on any atom is 0.322 e. The van der Waals surface area contributed by atoms with Crippen molar-refractivity contribution in [3.8, 4) is 11.8 Å². The number of aliphatic hydroxyl groups is 2. The number of para-hydroxylation sites is 1. The highest BCUT2D eigenvalue weighted by Crippen LogP contribution is 2.33. The molecule has 2 aliphatic rings. The molecular formula is C24H26N8O5. The van der Waals surface area contributed by atoms with Gasteiger partial charge in [-0.2, -0.15) is 0 Å². The number of carbonyl (C=O) groups excluding carboxylic acids is 2. The van der Waals surface area contributed by atoms with E-state index >= 15 is 0 Å². The molecule has 1 saturated carbocycles. The summed E-state index contributed by atoms with van der Waals surface area (Å²) in [5.74, 6) is 5.25. The van der Waals surface area contributed by atoms with Crippen LogP contribution in [0.1, 0.15) is 24.9 Å². The first kappa shape index (κ1) is 24.4. The molecule has 3 amide bonds. The SMILES string of the molecule is CN(CC#Cc1nc(N)c2ncn([C@@H]3O[C@H](C(=O)NC4CC4)C(O)C3O)c2n1)C(=O)Nc1ccccc1. The van der Waals surface area contributed by atoms with E-state index in [1.54, 1.807) is 19.2 Å². The molecule has 2 unspecified atom stereocenters. The monoisotopic (exact) mass is 506 g/mol. The van der Waals surface area contributed by atoms with Crippen LogP contribution >= 0.6 is 0 Å². The maximum atomic E-state index is 12.4. The van der Waals surface area contributed by atoms with Crippen molar-refractivity contribution in [3.63, 3.8) is 0 Å². The summed E-state index contributed by atoms with van der Waals surface area (Å²) < 4.78 is 7.10. The Kier molecular flexibility index (Phi) is 6.62. The summed E-state index contributed by atoms with van der Waals surface area (Å²) in [4.78, 5) is 38.9. The smallest absolute Gasteiger partial charge is 0.322 e. The Bertz CT molecular complexity index is 1380. The molecule has 0 radical (unpaired) electrons. The summed E-state index contributed by atoms with van der Waals surface area (Å²) in [7, 11) is 1.60. The molecule has 37 heavy (non-hydrogen) atoms. The molecule has 192 valence electrons. The Morgan fingerprint density at radius 1 is 1.22 bits per heavy atom. The Hall–Kier alpha value is -4.25. The first-order valence-electron chi connectivity index (χ1n) is 11.7. The van der Waals surface area contributed by atoms with Gasteiger partial charge in [-0.25, -0.2) is 19.7 Å². The summed E-state index contributed by atoms with van der Waals surface area (Å²) in [6, 6.07) is 8.78. The predicted molar refractivity (Wildman–Crippen MR) is 132 cm³/mol. The molecule has 1 saturated heterocycles. The zero-order chi connectivity index (χ0) is 26.1. The Labute approximate surface area is 211 Å². The number of nitrogens with one attached hydrogen (secondary N) is 2. The molecule has 0 spiro atoms. The van der Waals surface area contributed by atoms with Crippen LogP contribution in [0.2, 0.25) is 0 Å². The van der Waals surface area contributed by atoms with Crippen molar-refractivity contribution >= 4 is 34.6 Å². The largest absolute Gasteiger partial charge is 0.387 e. The maximum absolute atomic E-state index is 12.4. The molecule has 1 aliphatic carbocycles. The highest BCUT2D eigenvalue weighted by molar-refractivity contribution is 5.89. The standard InChI is InChI=1S/C24H26N8O5/c1-31(24(36)28-13-6-3-2-4-7-13)11-5-8-15-29-20(25)16-21(30-15)32(12-26-16)23-18(34)17(33)19(37-23)22(35)27-14-9-10-14/h2-4,6-7,12,14,17-19,23,33-34H,9-11H2,1H3,(H,27,35)(H,28,36)(H2,25,29,30)/t17?,18?,19-,23+/m0/s1. The number of anilines is 2. The molecule has 1 aromatic carbocycles. The molecule has 2 aromatic heterocycles. The normalized spacial score (nSPS) is 22.8. The number of amides is 3. The number of nitrogens with two attached hydrogens (primary N) is 1. The van der Waals surface area contributed by atoms with Crippen LogP contribution in [0.25, 0.3) is 11.2 Å². The average Bonchev–Trinajstić information content (AvgIpc) is 3.52. The molecule has 13 heteroatoms. The molecule has 0 bridgehead atoms. The third-order valence-corrected chi connectivity index (χ3v) is 6.03.